The third-order valence-electron chi connectivity index (χ3n) is 4.11. The maximum Gasteiger partial charge on any atom is 0.227 e. The van der Waals surface area contributed by atoms with Crippen molar-refractivity contribution in [3.8, 4) is 11.3 Å². The Labute approximate surface area is 138 Å². The van der Waals surface area contributed by atoms with Crippen LogP contribution in [0.4, 0.5) is 0 Å². The van der Waals surface area contributed by atoms with E-state index in [9.17, 15) is 4.79 Å². The van der Waals surface area contributed by atoms with Crippen molar-refractivity contribution in [1.82, 2.24) is 19.4 Å². The molecule has 3 aromatic rings. The highest BCUT2D eigenvalue weighted by molar-refractivity contribution is 7.08. The van der Waals surface area contributed by atoms with Gasteiger partial charge in [0.2, 0.25) is 5.91 Å². The minimum absolute atomic E-state index is 0.167. The second-order valence-electron chi connectivity index (χ2n) is 5.58. The molecule has 1 amide bonds. The summed E-state index contributed by atoms with van der Waals surface area (Å²) >= 11 is 1.62. The Hall–Kier alpha value is -2.47. The van der Waals surface area contributed by atoms with E-state index in [1.165, 1.54) is 0 Å². The number of fused-ring (bicyclic) bond motifs is 1. The molecule has 6 heteroatoms. The van der Waals surface area contributed by atoms with E-state index in [0.29, 0.717) is 13.0 Å². The van der Waals surface area contributed by atoms with Crippen molar-refractivity contribution >= 4 is 17.2 Å². The predicted molar refractivity (Wildman–Crippen MR) is 88.9 cm³/mol. The summed E-state index contributed by atoms with van der Waals surface area (Å²) in [6.45, 7) is 2.07. The van der Waals surface area contributed by atoms with Crippen molar-refractivity contribution in [2.24, 2.45) is 0 Å². The quantitative estimate of drug-likeness (QED) is 0.744. The molecule has 3 aromatic heterocycles. The maximum absolute atomic E-state index is 12.4. The van der Waals surface area contributed by atoms with Crippen molar-refractivity contribution in [1.29, 1.82) is 0 Å². The first-order valence-electron chi connectivity index (χ1n) is 7.55. The number of imidazole rings is 1. The number of thiophene rings is 1. The lowest BCUT2D eigenvalue weighted by atomic mass is 10.2. The first-order valence-corrected chi connectivity index (χ1v) is 8.49. The first kappa shape index (κ1) is 14.1. The Morgan fingerprint density at radius 1 is 1.26 bits per heavy atom. The van der Waals surface area contributed by atoms with Crippen LogP contribution in [0, 0.1) is 0 Å². The smallest absolute Gasteiger partial charge is 0.227 e. The second kappa shape index (κ2) is 5.96. The van der Waals surface area contributed by atoms with Gasteiger partial charge in [0.25, 0.3) is 0 Å². The van der Waals surface area contributed by atoms with Crippen LogP contribution in [0.15, 0.2) is 47.5 Å². The zero-order valence-corrected chi connectivity index (χ0v) is 13.4. The molecule has 1 aliphatic heterocycles. The van der Waals surface area contributed by atoms with E-state index in [2.05, 4.69) is 14.5 Å². The number of hydrogen-bond acceptors (Lipinski definition) is 4. The van der Waals surface area contributed by atoms with Crippen LogP contribution in [0.2, 0.25) is 0 Å². The number of hydrogen-bond donors (Lipinski definition) is 0. The van der Waals surface area contributed by atoms with E-state index in [4.69, 9.17) is 0 Å². The highest BCUT2D eigenvalue weighted by Gasteiger charge is 2.23. The summed E-state index contributed by atoms with van der Waals surface area (Å²) in [5.41, 5.74) is 3.22. The van der Waals surface area contributed by atoms with E-state index >= 15 is 0 Å². The molecule has 0 saturated heterocycles. The highest BCUT2D eigenvalue weighted by Crippen LogP contribution is 2.23. The lowest BCUT2D eigenvalue weighted by Crippen LogP contribution is -2.39. The lowest BCUT2D eigenvalue weighted by Gasteiger charge is -2.28. The topological polar surface area (TPSA) is 51.0 Å². The largest absolute Gasteiger partial charge is 0.333 e. The fourth-order valence-corrected chi connectivity index (χ4v) is 3.57. The number of amides is 1. The van der Waals surface area contributed by atoms with Gasteiger partial charge in [0.1, 0.15) is 5.82 Å². The number of carbonyl (C=O) groups is 1. The van der Waals surface area contributed by atoms with Gasteiger partial charge in [0.05, 0.1) is 24.9 Å². The number of aromatic nitrogens is 3. The molecule has 0 N–H and O–H groups in total. The van der Waals surface area contributed by atoms with Crippen LogP contribution in [0.3, 0.4) is 0 Å². The van der Waals surface area contributed by atoms with Gasteiger partial charge >= 0.3 is 0 Å². The summed E-state index contributed by atoms with van der Waals surface area (Å²) < 4.78 is 2.19. The third kappa shape index (κ3) is 2.77. The molecule has 5 nitrogen and oxygen atoms in total. The predicted octanol–water partition coefficient (Wildman–Crippen LogP) is 2.59. The molecular weight excluding hydrogens is 308 g/mol. The van der Waals surface area contributed by atoms with Crippen LogP contribution in [0.25, 0.3) is 11.3 Å². The molecule has 0 bridgehead atoms. The summed E-state index contributed by atoms with van der Waals surface area (Å²) in [6, 6.07) is 5.97. The number of pyridine rings is 1. The van der Waals surface area contributed by atoms with Crippen LogP contribution in [-0.2, 0) is 24.3 Å². The van der Waals surface area contributed by atoms with Crippen LogP contribution in [0.5, 0.6) is 0 Å². The molecule has 0 spiro atoms. The zero-order valence-electron chi connectivity index (χ0n) is 12.6. The summed E-state index contributed by atoms with van der Waals surface area (Å²) in [5, 5.41) is 4.04. The molecule has 0 fully saturated rings. The monoisotopic (exact) mass is 324 g/mol. The van der Waals surface area contributed by atoms with Crippen LogP contribution in [0.1, 0.15) is 11.4 Å². The van der Waals surface area contributed by atoms with Crippen molar-refractivity contribution < 1.29 is 4.79 Å². The summed E-state index contributed by atoms with van der Waals surface area (Å²) in [4.78, 5) is 23.0. The maximum atomic E-state index is 12.4. The number of nitrogens with zero attached hydrogens (tertiary/aromatic N) is 4. The average Bonchev–Trinajstić information content (AvgIpc) is 3.24. The van der Waals surface area contributed by atoms with Crippen molar-refractivity contribution in [3.63, 3.8) is 0 Å². The number of rotatable bonds is 3. The van der Waals surface area contributed by atoms with Crippen molar-refractivity contribution in [2.75, 3.05) is 6.54 Å². The normalized spacial score (nSPS) is 13.8. The van der Waals surface area contributed by atoms with Crippen molar-refractivity contribution in [3.05, 3.63) is 58.9 Å². The minimum Gasteiger partial charge on any atom is -0.333 e. The molecular formula is C17H16N4OS. The van der Waals surface area contributed by atoms with Crippen molar-refractivity contribution in [2.45, 2.75) is 19.5 Å². The Kier molecular flexibility index (Phi) is 3.67. The minimum atomic E-state index is 0.167. The highest BCUT2D eigenvalue weighted by atomic mass is 32.1. The average molecular weight is 324 g/mol. The van der Waals surface area contributed by atoms with E-state index in [1.807, 2.05) is 46.3 Å². The number of carbonyl (C=O) groups excluding carboxylic acids is 1. The third-order valence-corrected chi connectivity index (χ3v) is 4.84. The molecule has 1 aliphatic rings. The molecule has 0 atom stereocenters. The fourth-order valence-electron chi connectivity index (χ4n) is 2.90. The summed E-state index contributed by atoms with van der Waals surface area (Å²) in [5.74, 6) is 1.11. The van der Waals surface area contributed by atoms with Crippen LogP contribution < -0.4 is 0 Å². The van der Waals surface area contributed by atoms with E-state index in [1.54, 1.807) is 17.5 Å². The van der Waals surface area contributed by atoms with Gasteiger partial charge in [-0.3, -0.25) is 9.78 Å². The Bertz CT molecular complexity index is 811. The van der Waals surface area contributed by atoms with E-state index in [-0.39, 0.29) is 5.91 Å². The van der Waals surface area contributed by atoms with Gasteiger partial charge < -0.3 is 9.47 Å². The van der Waals surface area contributed by atoms with Gasteiger partial charge in [-0.15, -0.1) is 0 Å². The molecule has 0 radical (unpaired) electrons. The van der Waals surface area contributed by atoms with E-state index in [0.717, 1.165) is 35.7 Å². The Morgan fingerprint density at radius 3 is 3.00 bits per heavy atom. The molecule has 23 heavy (non-hydrogen) atoms. The lowest BCUT2D eigenvalue weighted by molar-refractivity contribution is -0.131. The molecule has 4 heterocycles. The standard InChI is InChI=1S/C17H16N4OS/c22-17(8-13-3-7-23-12-13)20-5-6-21-15(10-19-16(21)11-20)14-2-1-4-18-9-14/h1-4,7,9-10,12H,5-6,8,11H2. The Balaban J connectivity index is 1.52. The summed E-state index contributed by atoms with van der Waals surface area (Å²) in [6.07, 6.45) is 5.96. The van der Waals surface area contributed by atoms with Gasteiger partial charge in [0, 0.05) is 31.0 Å². The first-order chi connectivity index (χ1) is 11.3. The summed E-state index contributed by atoms with van der Waals surface area (Å²) in [7, 11) is 0. The van der Waals surface area contributed by atoms with Gasteiger partial charge in [-0.05, 0) is 34.5 Å². The SMILES string of the molecule is O=C(Cc1ccsc1)N1CCn2c(-c3cccnc3)cnc2C1. The molecule has 116 valence electrons. The van der Waals surface area contributed by atoms with Gasteiger partial charge in [-0.2, -0.15) is 11.3 Å². The van der Waals surface area contributed by atoms with Gasteiger partial charge in [-0.25, -0.2) is 4.98 Å². The van der Waals surface area contributed by atoms with Crippen LogP contribution >= 0.6 is 11.3 Å². The molecule has 4 rings (SSSR count). The van der Waals surface area contributed by atoms with Gasteiger partial charge in [0.15, 0.2) is 0 Å². The fraction of sp³-hybridized carbons (Fsp3) is 0.235. The van der Waals surface area contributed by atoms with Gasteiger partial charge in [-0.1, -0.05) is 0 Å². The Morgan fingerprint density at radius 2 is 2.22 bits per heavy atom. The molecule has 0 aromatic carbocycles. The second-order valence-corrected chi connectivity index (χ2v) is 6.36. The molecule has 0 aliphatic carbocycles. The zero-order chi connectivity index (χ0) is 15.6. The van der Waals surface area contributed by atoms with E-state index < -0.39 is 0 Å². The molecule has 0 unspecified atom stereocenters. The molecule has 0 saturated carbocycles. The van der Waals surface area contributed by atoms with Crippen LogP contribution in [-0.4, -0.2) is 31.9 Å².